The van der Waals surface area contributed by atoms with Crippen molar-refractivity contribution in [1.82, 2.24) is 20.8 Å². The fourth-order valence-corrected chi connectivity index (χ4v) is 4.80. The third-order valence-corrected chi connectivity index (χ3v) is 6.75. The molecule has 0 saturated carbocycles. The monoisotopic (exact) mass is 523 g/mol. The van der Waals surface area contributed by atoms with Crippen LogP contribution in [0.3, 0.4) is 0 Å². The molecule has 0 radical (unpaired) electrons. The highest BCUT2D eigenvalue weighted by Gasteiger charge is 2.31. The van der Waals surface area contributed by atoms with Crippen LogP contribution in [0.25, 0.3) is 10.9 Å². The average Bonchev–Trinajstić information content (AvgIpc) is 3.30. The Morgan fingerprint density at radius 3 is 2.67 bits per heavy atom. The molecule has 0 bridgehead atoms. The van der Waals surface area contributed by atoms with Crippen LogP contribution in [0, 0.1) is 5.82 Å². The van der Waals surface area contributed by atoms with E-state index in [1.54, 1.807) is 55.6 Å². The number of H-pyrrole nitrogens is 1. The molecule has 36 heavy (non-hydrogen) atoms. The Morgan fingerprint density at radius 2 is 1.89 bits per heavy atom. The zero-order chi connectivity index (χ0) is 25.4. The van der Waals surface area contributed by atoms with Crippen LogP contribution in [0.1, 0.15) is 29.7 Å². The Bertz CT molecular complexity index is 1530. The van der Waals surface area contributed by atoms with Gasteiger partial charge in [0.25, 0.3) is 5.91 Å². The number of aromatic amines is 1. The van der Waals surface area contributed by atoms with Crippen LogP contribution in [0.15, 0.2) is 72.1 Å². The fraction of sp³-hybridized carbons (Fsp3) is 0.115. The maximum atomic E-state index is 14.8. The number of nitrogens with one attached hydrogen (secondary N) is 4. The van der Waals surface area contributed by atoms with Gasteiger partial charge in [-0.1, -0.05) is 41.4 Å². The number of rotatable bonds is 5. The summed E-state index contributed by atoms with van der Waals surface area (Å²) < 4.78 is 14.8. The van der Waals surface area contributed by atoms with Crippen molar-refractivity contribution in [3.05, 3.63) is 105 Å². The van der Waals surface area contributed by atoms with Crippen molar-refractivity contribution in [1.29, 1.82) is 0 Å². The van der Waals surface area contributed by atoms with Crippen molar-refractivity contribution < 1.29 is 14.0 Å². The van der Waals surface area contributed by atoms with Gasteiger partial charge in [0.05, 0.1) is 23.3 Å². The summed E-state index contributed by atoms with van der Waals surface area (Å²) in [5.41, 5.74) is 3.56. The molecule has 182 valence electrons. The standard InChI is InChI=1S/C26H20Cl2FN5O2/c1-13-23(25(35)32-17-6-8-22-16(10-17)12-30-34-22)24(33-26(36)31-13)14-5-7-21(29)15(9-14)11-18-19(27)3-2-4-20(18)28/h2-10,12,24H,11H2,1H3,(H,30,34)(H,32,35)(H2,31,33,36). The number of benzene rings is 3. The smallest absolute Gasteiger partial charge is 0.319 e. The second kappa shape index (κ2) is 9.64. The molecule has 1 aromatic heterocycles. The van der Waals surface area contributed by atoms with Crippen LogP contribution in [-0.2, 0) is 11.2 Å². The lowest BCUT2D eigenvalue weighted by atomic mass is 9.92. The second-order valence-corrected chi connectivity index (χ2v) is 9.24. The molecule has 1 unspecified atom stereocenters. The number of carbonyl (C=O) groups excluding carboxylic acids is 2. The molecule has 1 aliphatic heterocycles. The Labute approximate surface area is 215 Å². The van der Waals surface area contributed by atoms with Gasteiger partial charge in [-0.2, -0.15) is 5.10 Å². The van der Waals surface area contributed by atoms with Crippen molar-refractivity contribution in [2.75, 3.05) is 5.32 Å². The zero-order valence-corrected chi connectivity index (χ0v) is 20.5. The second-order valence-electron chi connectivity index (χ2n) is 8.42. The summed E-state index contributed by atoms with van der Waals surface area (Å²) in [6, 6.07) is 13.6. The first-order valence-corrected chi connectivity index (χ1v) is 11.8. The van der Waals surface area contributed by atoms with Crippen LogP contribution >= 0.6 is 23.2 Å². The Kier molecular flexibility index (Phi) is 6.38. The molecule has 3 amide bonds. The number of fused-ring (bicyclic) bond motifs is 1. The molecule has 0 spiro atoms. The summed E-state index contributed by atoms with van der Waals surface area (Å²) in [6.45, 7) is 1.65. The number of aromatic nitrogens is 2. The van der Waals surface area contributed by atoms with Crippen molar-refractivity contribution in [3.63, 3.8) is 0 Å². The SMILES string of the molecule is CC1=C(C(=O)Nc2ccc3[nH]ncc3c2)C(c2ccc(F)c(Cc3c(Cl)cccc3Cl)c2)NC(=O)N1. The van der Waals surface area contributed by atoms with E-state index in [1.807, 2.05) is 6.07 Å². The van der Waals surface area contributed by atoms with Crippen molar-refractivity contribution in [2.45, 2.75) is 19.4 Å². The van der Waals surface area contributed by atoms with Crippen molar-refractivity contribution in [2.24, 2.45) is 0 Å². The normalized spacial score (nSPS) is 15.6. The molecule has 0 aliphatic carbocycles. The number of hydrogen-bond donors (Lipinski definition) is 4. The predicted octanol–water partition coefficient (Wildman–Crippen LogP) is 5.87. The van der Waals surface area contributed by atoms with Crippen LogP contribution in [-0.4, -0.2) is 22.1 Å². The maximum Gasteiger partial charge on any atom is 0.319 e. The molecule has 1 atom stereocenters. The van der Waals surface area contributed by atoms with Gasteiger partial charge in [-0.3, -0.25) is 9.89 Å². The van der Waals surface area contributed by atoms with Crippen LogP contribution in [0.2, 0.25) is 10.0 Å². The molecule has 4 N–H and O–H groups in total. The highest BCUT2D eigenvalue weighted by molar-refractivity contribution is 6.36. The summed E-state index contributed by atoms with van der Waals surface area (Å²) in [7, 11) is 0. The number of amides is 3. The fourth-order valence-electron chi connectivity index (χ4n) is 4.27. The van der Waals surface area contributed by atoms with Crippen molar-refractivity contribution >= 4 is 51.7 Å². The summed E-state index contributed by atoms with van der Waals surface area (Å²) in [6.07, 6.45) is 1.80. The maximum absolute atomic E-state index is 14.8. The van der Waals surface area contributed by atoms with Gasteiger partial charge in [0.2, 0.25) is 0 Å². The summed E-state index contributed by atoms with van der Waals surface area (Å²) in [5, 5.41) is 16.8. The van der Waals surface area contributed by atoms with Gasteiger partial charge in [-0.15, -0.1) is 0 Å². The highest BCUT2D eigenvalue weighted by Crippen LogP contribution is 2.32. The number of halogens is 3. The number of hydrogen-bond acceptors (Lipinski definition) is 3. The molecular weight excluding hydrogens is 504 g/mol. The lowest BCUT2D eigenvalue weighted by Crippen LogP contribution is -2.46. The van der Waals surface area contributed by atoms with Gasteiger partial charge in [-0.25, -0.2) is 9.18 Å². The minimum absolute atomic E-state index is 0.145. The Balaban J connectivity index is 1.48. The Morgan fingerprint density at radius 1 is 1.11 bits per heavy atom. The van der Waals surface area contributed by atoms with Gasteiger partial charge in [0, 0.05) is 33.2 Å². The highest BCUT2D eigenvalue weighted by atomic mass is 35.5. The van der Waals surface area contributed by atoms with E-state index in [1.165, 1.54) is 6.07 Å². The summed E-state index contributed by atoms with van der Waals surface area (Å²) in [5.74, 6) is -0.858. The third-order valence-electron chi connectivity index (χ3n) is 6.04. The number of anilines is 1. The molecule has 10 heteroatoms. The third kappa shape index (κ3) is 4.65. The quantitative estimate of drug-likeness (QED) is 0.263. The number of carbonyl (C=O) groups is 2. The van der Waals surface area contributed by atoms with Crippen LogP contribution < -0.4 is 16.0 Å². The molecule has 4 aromatic rings. The lowest BCUT2D eigenvalue weighted by molar-refractivity contribution is -0.113. The molecule has 3 aromatic carbocycles. The van der Waals surface area contributed by atoms with E-state index in [2.05, 4.69) is 26.1 Å². The number of nitrogens with zero attached hydrogens (tertiary/aromatic N) is 1. The van der Waals surface area contributed by atoms with Crippen molar-refractivity contribution in [3.8, 4) is 0 Å². The van der Waals surface area contributed by atoms with Crippen LogP contribution in [0.4, 0.5) is 14.9 Å². The molecular formula is C26H20Cl2FN5O2. The molecule has 1 aliphatic rings. The first kappa shape index (κ1) is 23.8. The molecule has 7 nitrogen and oxygen atoms in total. The lowest BCUT2D eigenvalue weighted by Gasteiger charge is -2.29. The first-order valence-electron chi connectivity index (χ1n) is 11.0. The molecule has 0 saturated heterocycles. The molecule has 0 fully saturated rings. The van der Waals surface area contributed by atoms with E-state index >= 15 is 0 Å². The average molecular weight is 524 g/mol. The van der Waals surface area contributed by atoms with Gasteiger partial charge in [0.15, 0.2) is 0 Å². The Hall–Kier alpha value is -3.88. The van der Waals surface area contributed by atoms with Crippen LogP contribution in [0.5, 0.6) is 0 Å². The number of allylic oxidation sites excluding steroid dienone is 1. The predicted molar refractivity (Wildman–Crippen MR) is 137 cm³/mol. The summed E-state index contributed by atoms with van der Waals surface area (Å²) >= 11 is 12.6. The minimum Gasteiger partial charge on any atom is -0.327 e. The largest absolute Gasteiger partial charge is 0.327 e. The summed E-state index contributed by atoms with van der Waals surface area (Å²) in [4.78, 5) is 25.7. The van der Waals surface area contributed by atoms with E-state index in [4.69, 9.17) is 23.2 Å². The van der Waals surface area contributed by atoms with E-state index in [-0.39, 0.29) is 6.42 Å². The van der Waals surface area contributed by atoms with Gasteiger partial charge >= 0.3 is 6.03 Å². The first-order chi connectivity index (χ1) is 17.3. The van der Waals surface area contributed by atoms with E-state index in [0.717, 1.165) is 10.9 Å². The minimum atomic E-state index is -0.808. The number of urea groups is 1. The van der Waals surface area contributed by atoms with Gasteiger partial charge in [0.1, 0.15) is 5.82 Å². The zero-order valence-electron chi connectivity index (χ0n) is 19.0. The van der Waals surface area contributed by atoms with E-state index < -0.39 is 23.8 Å². The van der Waals surface area contributed by atoms with E-state index in [9.17, 15) is 14.0 Å². The van der Waals surface area contributed by atoms with E-state index in [0.29, 0.717) is 43.7 Å². The molecule has 5 rings (SSSR count). The molecule has 2 heterocycles. The van der Waals surface area contributed by atoms with Gasteiger partial charge < -0.3 is 16.0 Å². The topological polar surface area (TPSA) is 98.9 Å². The van der Waals surface area contributed by atoms with Gasteiger partial charge in [-0.05, 0) is 60.0 Å².